The molecule has 0 unspecified atom stereocenters. The first kappa shape index (κ1) is 22.9. The van der Waals surface area contributed by atoms with E-state index in [1.807, 2.05) is 61.5 Å². The van der Waals surface area contributed by atoms with Crippen LogP contribution in [0.5, 0.6) is 0 Å². The molecule has 2 rings (SSSR count). The van der Waals surface area contributed by atoms with E-state index in [4.69, 9.17) is 10.5 Å². The highest BCUT2D eigenvalue weighted by molar-refractivity contribution is 5.91. The summed E-state index contributed by atoms with van der Waals surface area (Å²) in [6.45, 7) is 5.61. The Hall–Kier alpha value is -3.35. The van der Waals surface area contributed by atoms with Crippen molar-refractivity contribution < 1.29 is 19.1 Å². The molecule has 0 saturated carbocycles. The molecular formula is C23H29N3O4. The summed E-state index contributed by atoms with van der Waals surface area (Å²) >= 11 is 0. The average Bonchev–Trinajstić information content (AvgIpc) is 2.71. The maximum absolute atomic E-state index is 12.8. The number of aryl methyl sites for hydroxylation is 1. The number of benzene rings is 2. The smallest absolute Gasteiger partial charge is 0.408 e. The lowest BCUT2D eigenvalue weighted by atomic mass is 9.99. The number of amides is 3. The normalized spacial score (nSPS) is 12.7. The minimum Gasteiger partial charge on any atom is -0.445 e. The largest absolute Gasteiger partial charge is 0.445 e. The Morgan fingerprint density at radius 1 is 0.967 bits per heavy atom. The highest BCUT2D eigenvalue weighted by Crippen LogP contribution is 2.11. The fourth-order valence-corrected chi connectivity index (χ4v) is 2.97. The SMILES string of the molecule is Cc1ccccc1C[C@H](NC(=O)[C@H](NC(=O)OCc1ccccc1)C(C)C)C(N)=O. The van der Waals surface area contributed by atoms with Gasteiger partial charge in [0.2, 0.25) is 11.8 Å². The molecule has 30 heavy (non-hydrogen) atoms. The van der Waals surface area contributed by atoms with Crippen LogP contribution in [-0.2, 0) is 27.4 Å². The van der Waals surface area contributed by atoms with Crippen LogP contribution in [0.2, 0.25) is 0 Å². The molecule has 2 aromatic rings. The highest BCUT2D eigenvalue weighted by Gasteiger charge is 2.28. The maximum Gasteiger partial charge on any atom is 0.408 e. The zero-order valence-corrected chi connectivity index (χ0v) is 17.6. The molecule has 160 valence electrons. The number of nitrogens with one attached hydrogen (secondary N) is 2. The number of rotatable bonds is 9. The topological polar surface area (TPSA) is 111 Å². The van der Waals surface area contributed by atoms with E-state index in [9.17, 15) is 14.4 Å². The fraction of sp³-hybridized carbons (Fsp3) is 0.348. The number of primary amides is 1. The standard InChI is InChI=1S/C23H29N3O4/c1-15(2)20(26-23(29)30-14-17-10-5-4-6-11-17)22(28)25-19(21(24)27)13-18-12-8-7-9-16(18)3/h4-12,15,19-20H,13-14H2,1-3H3,(H2,24,27)(H,25,28)(H,26,29)/t19-,20+/m0/s1. The summed E-state index contributed by atoms with van der Waals surface area (Å²) in [7, 11) is 0. The van der Waals surface area contributed by atoms with Gasteiger partial charge in [0.1, 0.15) is 18.7 Å². The van der Waals surface area contributed by atoms with Gasteiger partial charge in [-0.3, -0.25) is 9.59 Å². The second-order valence-electron chi connectivity index (χ2n) is 7.52. The van der Waals surface area contributed by atoms with Gasteiger partial charge in [0.25, 0.3) is 0 Å². The van der Waals surface area contributed by atoms with Crippen LogP contribution in [0.25, 0.3) is 0 Å². The van der Waals surface area contributed by atoms with Gasteiger partial charge in [0, 0.05) is 6.42 Å². The van der Waals surface area contributed by atoms with Gasteiger partial charge in [-0.2, -0.15) is 0 Å². The average molecular weight is 412 g/mol. The predicted octanol–water partition coefficient (Wildman–Crippen LogP) is 2.46. The van der Waals surface area contributed by atoms with Crippen molar-refractivity contribution in [3.8, 4) is 0 Å². The van der Waals surface area contributed by atoms with Gasteiger partial charge in [-0.05, 0) is 29.5 Å². The first-order valence-electron chi connectivity index (χ1n) is 9.89. The minimum atomic E-state index is -0.887. The second-order valence-corrected chi connectivity index (χ2v) is 7.52. The van der Waals surface area contributed by atoms with E-state index in [1.165, 1.54) is 0 Å². The van der Waals surface area contributed by atoms with Crippen LogP contribution in [0.4, 0.5) is 4.79 Å². The molecule has 0 fully saturated rings. The summed E-state index contributed by atoms with van der Waals surface area (Å²) < 4.78 is 5.20. The number of carbonyl (C=O) groups excluding carboxylic acids is 3. The van der Waals surface area contributed by atoms with Crippen molar-refractivity contribution in [3.05, 3.63) is 71.3 Å². The molecule has 0 spiro atoms. The lowest BCUT2D eigenvalue weighted by Gasteiger charge is -2.24. The van der Waals surface area contributed by atoms with Gasteiger partial charge in [-0.15, -0.1) is 0 Å². The highest BCUT2D eigenvalue weighted by atomic mass is 16.5. The Kier molecular flexibility index (Phi) is 8.41. The van der Waals surface area contributed by atoms with Crippen LogP contribution in [0.3, 0.4) is 0 Å². The van der Waals surface area contributed by atoms with E-state index in [-0.39, 0.29) is 18.9 Å². The Labute approximate surface area is 177 Å². The van der Waals surface area contributed by atoms with Crippen molar-refractivity contribution in [1.82, 2.24) is 10.6 Å². The summed E-state index contributed by atoms with van der Waals surface area (Å²) in [5, 5.41) is 5.25. The van der Waals surface area contributed by atoms with Crippen molar-refractivity contribution >= 4 is 17.9 Å². The summed E-state index contributed by atoms with van der Waals surface area (Å²) in [5.41, 5.74) is 8.26. The van der Waals surface area contributed by atoms with Crippen LogP contribution in [0, 0.1) is 12.8 Å². The van der Waals surface area contributed by atoms with Gasteiger partial charge in [0.05, 0.1) is 0 Å². The number of nitrogens with two attached hydrogens (primary N) is 1. The van der Waals surface area contributed by atoms with Gasteiger partial charge >= 0.3 is 6.09 Å². The lowest BCUT2D eigenvalue weighted by Crippen LogP contribution is -2.55. The molecule has 4 N–H and O–H groups in total. The molecule has 7 heteroatoms. The second kappa shape index (κ2) is 11.0. The molecule has 0 aliphatic heterocycles. The van der Waals surface area contributed by atoms with E-state index in [1.54, 1.807) is 13.8 Å². The van der Waals surface area contributed by atoms with Crippen molar-refractivity contribution in [3.63, 3.8) is 0 Å². The van der Waals surface area contributed by atoms with Gasteiger partial charge in [-0.25, -0.2) is 4.79 Å². The Balaban J connectivity index is 1.99. The van der Waals surface area contributed by atoms with Crippen LogP contribution in [0.1, 0.15) is 30.5 Å². The maximum atomic E-state index is 12.8. The van der Waals surface area contributed by atoms with E-state index < -0.39 is 30.0 Å². The molecule has 7 nitrogen and oxygen atoms in total. The zero-order valence-electron chi connectivity index (χ0n) is 17.6. The third-order valence-electron chi connectivity index (χ3n) is 4.78. The summed E-state index contributed by atoms with van der Waals surface area (Å²) in [4.78, 5) is 36.9. The Morgan fingerprint density at radius 2 is 1.60 bits per heavy atom. The van der Waals surface area contributed by atoms with Crippen LogP contribution in [-0.4, -0.2) is 30.0 Å². The van der Waals surface area contributed by atoms with Crippen LogP contribution in [0.15, 0.2) is 54.6 Å². The van der Waals surface area contributed by atoms with Crippen LogP contribution < -0.4 is 16.4 Å². The van der Waals surface area contributed by atoms with E-state index in [0.29, 0.717) is 0 Å². The van der Waals surface area contributed by atoms with Crippen LogP contribution >= 0.6 is 0 Å². The van der Waals surface area contributed by atoms with Crippen molar-refractivity contribution in [1.29, 1.82) is 0 Å². The zero-order chi connectivity index (χ0) is 22.1. The minimum absolute atomic E-state index is 0.0936. The molecule has 2 aromatic carbocycles. The number of alkyl carbamates (subject to hydrolysis) is 1. The Morgan fingerprint density at radius 3 is 2.20 bits per heavy atom. The van der Waals surface area contributed by atoms with E-state index in [0.717, 1.165) is 16.7 Å². The molecule has 0 aliphatic rings. The molecule has 2 atom stereocenters. The third kappa shape index (κ3) is 6.92. The first-order chi connectivity index (χ1) is 14.3. The molecule has 0 aliphatic carbocycles. The summed E-state index contributed by atoms with van der Waals surface area (Å²) in [6.07, 6.45) is -0.431. The molecular weight excluding hydrogens is 382 g/mol. The van der Waals surface area contributed by atoms with E-state index in [2.05, 4.69) is 10.6 Å². The number of hydrogen-bond donors (Lipinski definition) is 3. The predicted molar refractivity (Wildman–Crippen MR) is 114 cm³/mol. The summed E-state index contributed by atoms with van der Waals surface area (Å²) in [5.74, 6) is -1.35. The van der Waals surface area contributed by atoms with Gasteiger partial charge < -0.3 is 21.1 Å². The van der Waals surface area contributed by atoms with Crippen molar-refractivity contribution in [2.45, 2.75) is 45.9 Å². The quantitative estimate of drug-likeness (QED) is 0.589. The molecule has 0 bridgehead atoms. The van der Waals surface area contributed by atoms with Gasteiger partial charge in [0.15, 0.2) is 0 Å². The third-order valence-corrected chi connectivity index (χ3v) is 4.78. The molecule has 0 heterocycles. The molecule has 0 saturated heterocycles. The number of ether oxygens (including phenoxy) is 1. The van der Waals surface area contributed by atoms with E-state index >= 15 is 0 Å². The first-order valence-corrected chi connectivity index (χ1v) is 9.89. The molecule has 0 aromatic heterocycles. The van der Waals surface area contributed by atoms with Crippen molar-refractivity contribution in [2.24, 2.45) is 11.7 Å². The Bertz CT molecular complexity index is 868. The van der Waals surface area contributed by atoms with Gasteiger partial charge in [-0.1, -0.05) is 68.4 Å². The fourth-order valence-electron chi connectivity index (χ4n) is 2.97. The summed E-state index contributed by atoms with van der Waals surface area (Å²) in [6, 6.07) is 15.1. The molecule has 0 radical (unpaired) electrons. The number of carbonyl (C=O) groups is 3. The van der Waals surface area contributed by atoms with Crippen molar-refractivity contribution in [2.75, 3.05) is 0 Å². The lowest BCUT2D eigenvalue weighted by molar-refractivity contribution is -0.129. The monoisotopic (exact) mass is 411 g/mol. The number of hydrogen-bond acceptors (Lipinski definition) is 4. The molecule has 3 amide bonds.